The van der Waals surface area contributed by atoms with Crippen LogP contribution in [0.4, 0.5) is 0 Å². The molecule has 0 spiro atoms. The van der Waals surface area contributed by atoms with Gasteiger partial charge in [-0.1, -0.05) is 0 Å². The minimum absolute atomic E-state index is 0.0362. The van der Waals surface area contributed by atoms with Crippen LogP contribution in [0.2, 0.25) is 0 Å². The summed E-state index contributed by atoms with van der Waals surface area (Å²) in [7, 11) is 12.5. The molecular formula is C11H28N2O2+2. The first-order chi connectivity index (χ1) is 6.54. The molecule has 0 aliphatic heterocycles. The van der Waals surface area contributed by atoms with E-state index in [9.17, 15) is 10.2 Å². The number of hydrogen-bond donors (Lipinski definition) is 2. The first kappa shape index (κ1) is 14.8. The van der Waals surface area contributed by atoms with Gasteiger partial charge in [0.1, 0.15) is 5.41 Å². The molecule has 0 atom stereocenters. The first-order valence-corrected chi connectivity index (χ1v) is 5.36. The third-order valence-electron chi connectivity index (χ3n) is 2.29. The molecule has 4 nitrogen and oxygen atoms in total. The Kier molecular flexibility index (Phi) is 4.73. The van der Waals surface area contributed by atoms with Crippen molar-refractivity contribution in [2.75, 3.05) is 68.6 Å². The molecule has 0 rings (SSSR count). The van der Waals surface area contributed by atoms with Crippen LogP contribution in [0.1, 0.15) is 0 Å². The molecule has 0 aliphatic rings. The molecule has 0 aromatic heterocycles. The largest absolute Gasteiger partial charge is 0.395 e. The zero-order valence-electron chi connectivity index (χ0n) is 11.1. The van der Waals surface area contributed by atoms with Crippen LogP contribution in [0.15, 0.2) is 0 Å². The maximum Gasteiger partial charge on any atom is 0.114 e. The Morgan fingerprint density at radius 2 is 1.00 bits per heavy atom. The van der Waals surface area contributed by atoms with Crippen LogP contribution in [0.5, 0.6) is 0 Å². The van der Waals surface area contributed by atoms with Crippen LogP contribution >= 0.6 is 0 Å². The second kappa shape index (κ2) is 4.78. The average molecular weight is 220 g/mol. The van der Waals surface area contributed by atoms with Crippen molar-refractivity contribution in [2.24, 2.45) is 5.41 Å². The van der Waals surface area contributed by atoms with Crippen molar-refractivity contribution in [3.05, 3.63) is 0 Å². The molecule has 0 aliphatic carbocycles. The summed E-state index contributed by atoms with van der Waals surface area (Å²) in [6.07, 6.45) is 0. The molecule has 0 radical (unpaired) electrons. The van der Waals surface area contributed by atoms with E-state index in [0.717, 1.165) is 22.1 Å². The van der Waals surface area contributed by atoms with Gasteiger partial charge in [0.2, 0.25) is 0 Å². The average Bonchev–Trinajstić information content (AvgIpc) is 1.98. The lowest BCUT2D eigenvalue weighted by Crippen LogP contribution is -2.56. The van der Waals surface area contributed by atoms with E-state index in [1.165, 1.54) is 0 Å². The van der Waals surface area contributed by atoms with Crippen molar-refractivity contribution < 1.29 is 19.2 Å². The van der Waals surface area contributed by atoms with Gasteiger partial charge in [-0.3, -0.25) is 0 Å². The summed E-state index contributed by atoms with van der Waals surface area (Å²) in [6, 6.07) is 0. The summed E-state index contributed by atoms with van der Waals surface area (Å²) >= 11 is 0. The highest BCUT2D eigenvalue weighted by atomic mass is 16.3. The Balaban J connectivity index is 4.74. The molecule has 0 unspecified atom stereocenters. The standard InChI is InChI=1S/C11H28N2O2/c1-12(2,3)7-11(9-14,10-15)8-13(4,5)6/h14-15H,7-10H2,1-6H3/q+2. The molecule has 2 N–H and O–H groups in total. The Morgan fingerprint density at radius 3 is 1.13 bits per heavy atom. The predicted molar refractivity (Wildman–Crippen MR) is 62.4 cm³/mol. The minimum Gasteiger partial charge on any atom is -0.395 e. The second-order valence-corrected chi connectivity index (χ2v) is 6.71. The Labute approximate surface area is 93.9 Å². The second-order valence-electron chi connectivity index (χ2n) is 6.71. The quantitative estimate of drug-likeness (QED) is 0.585. The summed E-state index contributed by atoms with van der Waals surface area (Å²) < 4.78 is 1.50. The van der Waals surface area contributed by atoms with Crippen molar-refractivity contribution in [3.8, 4) is 0 Å². The van der Waals surface area contributed by atoms with Gasteiger partial charge in [-0.05, 0) is 0 Å². The van der Waals surface area contributed by atoms with Gasteiger partial charge in [0.15, 0.2) is 0 Å². The number of nitrogens with zero attached hydrogens (tertiary/aromatic N) is 2. The smallest absolute Gasteiger partial charge is 0.114 e. The van der Waals surface area contributed by atoms with Crippen molar-refractivity contribution in [1.82, 2.24) is 0 Å². The number of rotatable bonds is 6. The summed E-state index contributed by atoms with van der Waals surface area (Å²) in [6.45, 7) is 1.62. The molecule has 0 fully saturated rings. The van der Waals surface area contributed by atoms with E-state index < -0.39 is 5.41 Å². The fraction of sp³-hybridized carbons (Fsp3) is 1.00. The van der Waals surface area contributed by atoms with Crippen LogP contribution in [0.3, 0.4) is 0 Å². The lowest BCUT2D eigenvalue weighted by atomic mass is 9.87. The van der Waals surface area contributed by atoms with Crippen LogP contribution in [-0.4, -0.2) is 87.8 Å². The molecule has 0 saturated heterocycles. The summed E-state index contributed by atoms with van der Waals surface area (Å²) in [4.78, 5) is 0. The number of hydrogen-bond acceptors (Lipinski definition) is 2. The molecule has 0 aromatic carbocycles. The highest BCUT2D eigenvalue weighted by Crippen LogP contribution is 2.22. The van der Waals surface area contributed by atoms with Crippen molar-refractivity contribution in [2.45, 2.75) is 0 Å². The normalized spacial score (nSPS) is 14.4. The van der Waals surface area contributed by atoms with E-state index in [4.69, 9.17) is 0 Å². The molecule has 0 aromatic rings. The third kappa shape index (κ3) is 6.10. The van der Waals surface area contributed by atoms with Crippen LogP contribution < -0.4 is 0 Å². The van der Waals surface area contributed by atoms with Crippen LogP contribution in [0.25, 0.3) is 0 Å². The molecule has 92 valence electrons. The van der Waals surface area contributed by atoms with E-state index >= 15 is 0 Å². The highest BCUT2D eigenvalue weighted by Gasteiger charge is 2.39. The van der Waals surface area contributed by atoms with Gasteiger partial charge in [-0.15, -0.1) is 0 Å². The van der Waals surface area contributed by atoms with E-state index in [1.807, 2.05) is 0 Å². The molecule has 0 saturated carbocycles. The van der Waals surface area contributed by atoms with Gasteiger partial charge < -0.3 is 19.2 Å². The number of aliphatic hydroxyl groups is 2. The number of aliphatic hydroxyl groups excluding tert-OH is 2. The van der Waals surface area contributed by atoms with Gasteiger partial charge in [-0.25, -0.2) is 0 Å². The SMILES string of the molecule is C[N+](C)(C)CC(CO)(CO)C[N+](C)(C)C. The minimum atomic E-state index is -0.392. The molecular weight excluding hydrogens is 192 g/mol. The summed E-state index contributed by atoms with van der Waals surface area (Å²) in [5, 5.41) is 19.0. The zero-order chi connectivity index (χ0) is 12.3. The third-order valence-corrected chi connectivity index (χ3v) is 2.29. The fourth-order valence-electron chi connectivity index (χ4n) is 2.31. The van der Waals surface area contributed by atoms with E-state index in [0.29, 0.717) is 0 Å². The monoisotopic (exact) mass is 220 g/mol. The fourth-order valence-corrected chi connectivity index (χ4v) is 2.31. The lowest BCUT2D eigenvalue weighted by molar-refractivity contribution is -0.903. The molecule has 0 bridgehead atoms. The van der Waals surface area contributed by atoms with Crippen molar-refractivity contribution in [1.29, 1.82) is 0 Å². The van der Waals surface area contributed by atoms with Gasteiger partial charge in [0, 0.05) is 0 Å². The van der Waals surface area contributed by atoms with Gasteiger partial charge in [0.05, 0.1) is 68.6 Å². The summed E-state index contributed by atoms with van der Waals surface area (Å²) in [5.41, 5.74) is -0.392. The van der Waals surface area contributed by atoms with Crippen molar-refractivity contribution >= 4 is 0 Å². The maximum atomic E-state index is 9.52. The van der Waals surface area contributed by atoms with Crippen LogP contribution in [-0.2, 0) is 0 Å². The van der Waals surface area contributed by atoms with Gasteiger partial charge in [-0.2, -0.15) is 0 Å². The Bertz CT molecular complexity index is 170. The summed E-state index contributed by atoms with van der Waals surface area (Å²) in [5.74, 6) is 0. The number of quaternary nitrogens is 2. The first-order valence-electron chi connectivity index (χ1n) is 5.36. The predicted octanol–water partition coefficient (Wildman–Crippen LogP) is -0.630. The van der Waals surface area contributed by atoms with E-state index in [-0.39, 0.29) is 13.2 Å². The Morgan fingerprint density at radius 1 is 0.733 bits per heavy atom. The van der Waals surface area contributed by atoms with E-state index in [1.54, 1.807) is 0 Å². The highest BCUT2D eigenvalue weighted by molar-refractivity contribution is 4.77. The van der Waals surface area contributed by atoms with E-state index in [2.05, 4.69) is 42.3 Å². The van der Waals surface area contributed by atoms with Crippen LogP contribution in [0, 0.1) is 5.41 Å². The molecule has 4 heteroatoms. The molecule has 15 heavy (non-hydrogen) atoms. The van der Waals surface area contributed by atoms with Gasteiger partial charge >= 0.3 is 0 Å². The zero-order valence-corrected chi connectivity index (χ0v) is 11.1. The lowest BCUT2D eigenvalue weighted by Gasteiger charge is -2.40. The molecule has 0 heterocycles. The van der Waals surface area contributed by atoms with Gasteiger partial charge in [0.25, 0.3) is 0 Å². The maximum absolute atomic E-state index is 9.52. The Hall–Kier alpha value is -0.160. The molecule has 0 amide bonds. The van der Waals surface area contributed by atoms with Crippen molar-refractivity contribution in [3.63, 3.8) is 0 Å². The topological polar surface area (TPSA) is 40.5 Å².